The van der Waals surface area contributed by atoms with Crippen molar-refractivity contribution in [2.75, 3.05) is 20.8 Å². The van der Waals surface area contributed by atoms with Crippen LogP contribution >= 0.6 is 11.3 Å². The quantitative estimate of drug-likeness (QED) is 0.486. The number of amides is 1. The molecule has 0 spiro atoms. The molecule has 0 bridgehead atoms. The Kier molecular flexibility index (Phi) is 4.99. The molecule has 2 aromatic carbocycles. The molecule has 7 nitrogen and oxygen atoms in total. The van der Waals surface area contributed by atoms with Crippen LogP contribution in [0.4, 0.5) is 0 Å². The highest BCUT2D eigenvalue weighted by Gasteiger charge is 2.28. The van der Waals surface area contributed by atoms with E-state index in [-0.39, 0.29) is 5.91 Å². The van der Waals surface area contributed by atoms with E-state index in [1.807, 2.05) is 46.7 Å². The molecule has 0 saturated heterocycles. The smallest absolute Gasteiger partial charge is 0.273 e. The molecule has 0 N–H and O–H groups in total. The van der Waals surface area contributed by atoms with Gasteiger partial charge in [-0.25, -0.2) is 15.0 Å². The normalized spacial score (nSPS) is 13.2. The maximum atomic E-state index is 13.6. The van der Waals surface area contributed by atoms with Crippen LogP contribution in [0.3, 0.4) is 0 Å². The number of thiazole rings is 1. The second-order valence-electron chi connectivity index (χ2n) is 7.20. The topological polar surface area (TPSA) is 77.4 Å². The fourth-order valence-corrected chi connectivity index (χ4v) is 4.52. The zero-order valence-corrected chi connectivity index (χ0v) is 18.0. The molecule has 0 fully saturated rings. The van der Waals surface area contributed by atoms with E-state index in [4.69, 9.17) is 9.47 Å². The van der Waals surface area contributed by atoms with Gasteiger partial charge in [-0.05, 0) is 24.1 Å². The van der Waals surface area contributed by atoms with Gasteiger partial charge in [-0.15, -0.1) is 11.3 Å². The van der Waals surface area contributed by atoms with Crippen LogP contribution in [0.5, 0.6) is 11.5 Å². The average molecular weight is 433 g/mol. The van der Waals surface area contributed by atoms with Gasteiger partial charge in [0.05, 0.1) is 25.2 Å². The van der Waals surface area contributed by atoms with Crippen molar-refractivity contribution in [1.82, 2.24) is 19.9 Å². The molecule has 0 saturated carbocycles. The van der Waals surface area contributed by atoms with Crippen molar-refractivity contribution >= 4 is 28.1 Å². The first kappa shape index (κ1) is 19.4. The number of nitrogens with zero attached hydrogens (tertiary/aromatic N) is 4. The fraction of sp³-hybridized carbons (Fsp3) is 0.217. The number of ether oxygens (including phenoxy) is 2. The Morgan fingerprint density at radius 1 is 1.10 bits per heavy atom. The lowest BCUT2D eigenvalue weighted by Crippen LogP contribution is -2.36. The molecule has 31 heavy (non-hydrogen) atoms. The summed E-state index contributed by atoms with van der Waals surface area (Å²) in [5.74, 6) is 1.80. The van der Waals surface area contributed by atoms with E-state index in [2.05, 4.69) is 15.0 Å². The Balaban J connectivity index is 1.54. The van der Waals surface area contributed by atoms with Gasteiger partial charge in [-0.1, -0.05) is 24.3 Å². The van der Waals surface area contributed by atoms with Crippen molar-refractivity contribution in [2.24, 2.45) is 0 Å². The molecule has 5 rings (SSSR count). The Bertz CT molecular complexity index is 1270. The summed E-state index contributed by atoms with van der Waals surface area (Å²) in [5.41, 5.74) is 5.67. The number of hydrogen-bond donors (Lipinski definition) is 0. The zero-order valence-electron chi connectivity index (χ0n) is 17.2. The van der Waals surface area contributed by atoms with Gasteiger partial charge in [0.25, 0.3) is 5.91 Å². The molecule has 4 aromatic rings. The van der Waals surface area contributed by atoms with E-state index in [9.17, 15) is 4.79 Å². The van der Waals surface area contributed by atoms with Crippen molar-refractivity contribution in [2.45, 2.75) is 13.0 Å². The molecule has 8 heteroatoms. The van der Waals surface area contributed by atoms with Crippen molar-refractivity contribution in [3.05, 3.63) is 64.1 Å². The lowest BCUT2D eigenvalue weighted by atomic mass is 9.97. The van der Waals surface area contributed by atoms with Crippen LogP contribution in [0, 0.1) is 0 Å². The maximum Gasteiger partial charge on any atom is 0.273 e. The third-order valence-electron chi connectivity index (χ3n) is 5.49. The summed E-state index contributed by atoms with van der Waals surface area (Å²) in [5, 5.41) is 2.62. The summed E-state index contributed by atoms with van der Waals surface area (Å²) in [7, 11) is 3.27. The molecule has 0 atom stereocenters. The van der Waals surface area contributed by atoms with Gasteiger partial charge in [0, 0.05) is 29.4 Å². The number of methoxy groups -OCH3 is 2. The number of aromatic nitrogens is 3. The van der Waals surface area contributed by atoms with E-state index >= 15 is 0 Å². The summed E-state index contributed by atoms with van der Waals surface area (Å²) >= 11 is 1.47. The standard InChI is InChI=1S/C23H20N4O3S/c1-29-19-8-7-14-11-27(10-9-15(14)21(19)30-2)23(28)20-16-5-3-4-6-17(16)25-22(26-20)18-12-31-13-24-18/h3-8,12-13H,9-11H2,1-2H3. The molecule has 1 aliphatic rings. The Hall–Kier alpha value is -3.52. The van der Waals surface area contributed by atoms with Crippen molar-refractivity contribution in [3.8, 4) is 23.0 Å². The van der Waals surface area contributed by atoms with Crippen LogP contribution < -0.4 is 9.47 Å². The number of carbonyl (C=O) groups is 1. The second-order valence-corrected chi connectivity index (χ2v) is 7.92. The number of carbonyl (C=O) groups excluding carboxylic acids is 1. The maximum absolute atomic E-state index is 13.6. The molecule has 0 aliphatic carbocycles. The molecule has 3 heterocycles. The van der Waals surface area contributed by atoms with Crippen molar-refractivity contribution in [1.29, 1.82) is 0 Å². The van der Waals surface area contributed by atoms with Crippen LogP contribution in [0.1, 0.15) is 21.6 Å². The Morgan fingerprint density at radius 3 is 2.74 bits per heavy atom. The van der Waals surface area contributed by atoms with Gasteiger partial charge in [-0.2, -0.15) is 0 Å². The highest BCUT2D eigenvalue weighted by atomic mass is 32.1. The first-order chi connectivity index (χ1) is 15.2. The summed E-state index contributed by atoms with van der Waals surface area (Å²) in [4.78, 5) is 29.0. The largest absolute Gasteiger partial charge is 0.493 e. The lowest BCUT2D eigenvalue weighted by molar-refractivity contribution is 0.0730. The van der Waals surface area contributed by atoms with Gasteiger partial charge in [0.2, 0.25) is 0 Å². The fourth-order valence-electron chi connectivity index (χ4n) is 3.99. The van der Waals surface area contributed by atoms with Gasteiger partial charge in [0.1, 0.15) is 11.4 Å². The SMILES string of the molecule is COc1ccc2c(c1OC)CCN(C(=O)c1nc(-c3cscn3)nc3ccccc13)C2. The van der Waals surface area contributed by atoms with E-state index in [1.54, 1.807) is 19.7 Å². The third-order valence-corrected chi connectivity index (χ3v) is 6.08. The molecule has 0 unspecified atom stereocenters. The number of fused-ring (bicyclic) bond motifs is 2. The van der Waals surface area contributed by atoms with E-state index in [0.717, 1.165) is 27.8 Å². The van der Waals surface area contributed by atoms with Gasteiger partial charge in [0.15, 0.2) is 17.3 Å². The minimum atomic E-state index is -0.115. The lowest BCUT2D eigenvalue weighted by Gasteiger charge is -2.30. The number of benzene rings is 2. The van der Waals surface area contributed by atoms with E-state index < -0.39 is 0 Å². The first-order valence-electron chi connectivity index (χ1n) is 9.87. The summed E-state index contributed by atoms with van der Waals surface area (Å²) in [6, 6.07) is 11.5. The summed E-state index contributed by atoms with van der Waals surface area (Å²) < 4.78 is 11.0. The summed E-state index contributed by atoms with van der Waals surface area (Å²) in [6.45, 7) is 1.05. The highest BCUT2D eigenvalue weighted by molar-refractivity contribution is 7.07. The van der Waals surface area contributed by atoms with Crippen molar-refractivity contribution < 1.29 is 14.3 Å². The minimum Gasteiger partial charge on any atom is -0.493 e. The molecule has 0 radical (unpaired) electrons. The zero-order chi connectivity index (χ0) is 21.4. The van der Waals surface area contributed by atoms with Crippen LogP contribution in [-0.4, -0.2) is 46.5 Å². The predicted octanol–water partition coefficient (Wildman–Crippen LogP) is 3.97. The van der Waals surface area contributed by atoms with E-state index in [1.165, 1.54) is 11.3 Å². The molecule has 156 valence electrons. The average Bonchev–Trinajstić information content (AvgIpc) is 3.36. The Morgan fingerprint density at radius 2 is 1.97 bits per heavy atom. The third kappa shape index (κ3) is 3.38. The van der Waals surface area contributed by atoms with Gasteiger partial charge >= 0.3 is 0 Å². The Labute approximate surface area is 183 Å². The summed E-state index contributed by atoms with van der Waals surface area (Å²) in [6.07, 6.45) is 0.684. The number of rotatable bonds is 4. The number of para-hydroxylation sites is 1. The van der Waals surface area contributed by atoms with Crippen LogP contribution in [0.15, 0.2) is 47.3 Å². The molecule has 2 aromatic heterocycles. The number of hydrogen-bond acceptors (Lipinski definition) is 7. The van der Waals surface area contributed by atoms with E-state index in [0.29, 0.717) is 42.5 Å². The highest BCUT2D eigenvalue weighted by Crippen LogP contribution is 2.36. The second kappa shape index (κ2) is 7.96. The van der Waals surface area contributed by atoms with Gasteiger partial charge < -0.3 is 14.4 Å². The predicted molar refractivity (Wildman–Crippen MR) is 119 cm³/mol. The monoisotopic (exact) mass is 432 g/mol. The molecular weight excluding hydrogens is 412 g/mol. The van der Waals surface area contributed by atoms with Crippen LogP contribution in [0.2, 0.25) is 0 Å². The first-order valence-corrected chi connectivity index (χ1v) is 10.8. The van der Waals surface area contributed by atoms with Crippen LogP contribution in [0.25, 0.3) is 22.4 Å². The molecular formula is C23H20N4O3S. The minimum absolute atomic E-state index is 0.115. The molecule has 1 aliphatic heterocycles. The van der Waals surface area contributed by atoms with Crippen molar-refractivity contribution in [3.63, 3.8) is 0 Å². The van der Waals surface area contributed by atoms with Crippen LogP contribution in [-0.2, 0) is 13.0 Å². The van der Waals surface area contributed by atoms with Gasteiger partial charge in [-0.3, -0.25) is 4.79 Å². The molecule has 1 amide bonds.